The first-order valence-electron chi connectivity index (χ1n) is 11.4. The molecule has 1 atom stereocenters. The summed E-state index contributed by atoms with van der Waals surface area (Å²) < 4.78 is 6.27. The van der Waals surface area contributed by atoms with E-state index < -0.39 is 5.97 Å². The van der Waals surface area contributed by atoms with Gasteiger partial charge in [0.25, 0.3) is 0 Å². The maximum Gasteiger partial charge on any atom is 0.335 e. The van der Waals surface area contributed by atoms with Crippen molar-refractivity contribution in [1.82, 2.24) is 0 Å². The number of aryl methyl sites for hydroxylation is 1. The quantitative estimate of drug-likeness (QED) is 0.214. The molecule has 0 aliphatic heterocycles. The molecule has 0 fully saturated rings. The zero-order valence-corrected chi connectivity index (χ0v) is 18.5. The molecule has 0 aliphatic carbocycles. The number of carboxylic acids is 1. The molecule has 0 saturated heterocycles. The Morgan fingerprint density at radius 2 is 1.72 bits per heavy atom. The van der Waals surface area contributed by atoms with E-state index in [4.69, 9.17) is 4.74 Å². The number of aromatic carboxylic acids is 1. The van der Waals surface area contributed by atoms with Crippen LogP contribution in [0.4, 0.5) is 0 Å². The largest absolute Gasteiger partial charge is 0.490 e. The third-order valence-electron chi connectivity index (χ3n) is 5.28. The summed E-state index contributed by atoms with van der Waals surface area (Å²) in [5, 5.41) is 9.20. The smallest absolute Gasteiger partial charge is 0.335 e. The molecular formula is C26H40O3. The van der Waals surface area contributed by atoms with Gasteiger partial charge in [0.1, 0.15) is 5.75 Å². The Bertz CT molecular complexity index is 618. The summed E-state index contributed by atoms with van der Waals surface area (Å²) in [6.07, 6.45) is 20.7. The van der Waals surface area contributed by atoms with Crippen LogP contribution in [-0.4, -0.2) is 17.2 Å². The van der Waals surface area contributed by atoms with E-state index in [9.17, 15) is 9.90 Å². The first-order chi connectivity index (χ1) is 14.1. The van der Waals surface area contributed by atoms with Crippen LogP contribution in [0.1, 0.15) is 99.9 Å². The van der Waals surface area contributed by atoms with Crippen molar-refractivity contribution in [3.8, 4) is 5.75 Å². The van der Waals surface area contributed by atoms with E-state index in [1.54, 1.807) is 12.1 Å². The molecule has 0 aromatic heterocycles. The van der Waals surface area contributed by atoms with Crippen LogP contribution >= 0.6 is 0 Å². The van der Waals surface area contributed by atoms with Crippen molar-refractivity contribution in [2.24, 2.45) is 0 Å². The van der Waals surface area contributed by atoms with Gasteiger partial charge in [0, 0.05) is 0 Å². The van der Waals surface area contributed by atoms with Gasteiger partial charge >= 0.3 is 5.97 Å². The Hall–Kier alpha value is -2.03. The van der Waals surface area contributed by atoms with Crippen molar-refractivity contribution in [3.05, 3.63) is 54.1 Å². The van der Waals surface area contributed by atoms with Gasteiger partial charge < -0.3 is 9.84 Å². The molecule has 0 amide bonds. The Kier molecular flexibility index (Phi) is 13.7. The number of ether oxygens (including phenoxy) is 1. The minimum Gasteiger partial charge on any atom is -0.490 e. The lowest BCUT2D eigenvalue weighted by Gasteiger charge is -2.20. The number of benzene rings is 1. The van der Waals surface area contributed by atoms with Crippen LogP contribution in [0.5, 0.6) is 5.75 Å². The molecule has 1 rings (SSSR count). The summed E-state index contributed by atoms with van der Waals surface area (Å²) in [5.74, 6) is -0.0906. The van der Waals surface area contributed by atoms with Crippen molar-refractivity contribution in [1.29, 1.82) is 0 Å². The summed E-state index contributed by atoms with van der Waals surface area (Å²) >= 11 is 0. The lowest BCUT2D eigenvalue weighted by atomic mass is 10.0. The molecule has 162 valence electrons. The maximum atomic E-state index is 11.2. The van der Waals surface area contributed by atoms with Gasteiger partial charge in [-0.1, -0.05) is 70.3 Å². The average Bonchev–Trinajstić information content (AvgIpc) is 2.69. The molecule has 0 bridgehead atoms. The van der Waals surface area contributed by atoms with Crippen LogP contribution in [0.15, 0.2) is 43.0 Å². The molecule has 0 saturated carbocycles. The topological polar surface area (TPSA) is 46.5 Å². The van der Waals surface area contributed by atoms with Crippen molar-refractivity contribution in [2.45, 2.75) is 97.0 Å². The number of carboxylic acid groups (broad SMARTS) is 1. The van der Waals surface area contributed by atoms with Gasteiger partial charge in [0.15, 0.2) is 0 Å². The van der Waals surface area contributed by atoms with Crippen LogP contribution < -0.4 is 4.74 Å². The molecule has 1 unspecified atom stereocenters. The lowest BCUT2D eigenvalue weighted by Crippen LogP contribution is -2.17. The summed E-state index contributed by atoms with van der Waals surface area (Å²) in [4.78, 5) is 11.2. The van der Waals surface area contributed by atoms with Crippen LogP contribution in [0.25, 0.3) is 0 Å². The molecule has 3 nitrogen and oxygen atoms in total. The number of allylic oxidation sites excluding steroid dienone is 3. The predicted molar refractivity (Wildman–Crippen MR) is 123 cm³/mol. The predicted octanol–water partition coefficient (Wildman–Crippen LogP) is 7.88. The highest BCUT2D eigenvalue weighted by molar-refractivity contribution is 5.89. The minimum absolute atomic E-state index is 0.220. The molecule has 3 heteroatoms. The average molecular weight is 401 g/mol. The summed E-state index contributed by atoms with van der Waals surface area (Å²) in [6.45, 7) is 7.75. The van der Waals surface area contributed by atoms with Crippen LogP contribution in [-0.2, 0) is 0 Å². The monoisotopic (exact) mass is 400 g/mol. The lowest BCUT2D eigenvalue weighted by molar-refractivity contribution is 0.0696. The van der Waals surface area contributed by atoms with Gasteiger partial charge in [-0.05, 0) is 69.2 Å². The molecule has 1 N–H and O–H groups in total. The first kappa shape index (κ1) is 25.0. The first-order valence-corrected chi connectivity index (χ1v) is 11.4. The summed E-state index contributed by atoms with van der Waals surface area (Å²) in [5.41, 5.74) is 1.10. The maximum absolute atomic E-state index is 11.2. The van der Waals surface area contributed by atoms with E-state index in [0.717, 1.165) is 30.6 Å². The minimum atomic E-state index is -0.884. The Morgan fingerprint density at radius 3 is 2.34 bits per heavy atom. The Morgan fingerprint density at radius 1 is 1.07 bits per heavy atom. The van der Waals surface area contributed by atoms with Gasteiger partial charge in [-0.3, -0.25) is 0 Å². The van der Waals surface area contributed by atoms with Crippen molar-refractivity contribution in [2.75, 3.05) is 0 Å². The van der Waals surface area contributed by atoms with Crippen molar-refractivity contribution >= 4 is 5.97 Å². The SMILES string of the molecule is C=C/C=C\CCCCCCCC(CCCCCC)Oc1ccc(C(=O)O)c(C)c1. The molecule has 1 aromatic rings. The van der Waals surface area contributed by atoms with Crippen LogP contribution in [0.3, 0.4) is 0 Å². The van der Waals surface area contributed by atoms with E-state index in [1.807, 2.05) is 25.1 Å². The number of hydrogen-bond donors (Lipinski definition) is 1. The molecule has 0 radical (unpaired) electrons. The van der Waals surface area contributed by atoms with Gasteiger partial charge in [0.2, 0.25) is 0 Å². The number of carbonyl (C=O) groups is 1. The molecule has 1 aromatic carbocycles. The van der Waals surface area contributed by atoms with E-state index in [0.29, 0.717) is 5.56 Å². The second kappa shape index (κ2) is 15.8. The van der Waals surface area contributed by atoms with Crippen molar-refractivity contribution < 1.29 is 14.6 Å². The molecule has 0 aliphatic rings. The Labute approximate surface area is 177 Å². The highest BCUT2D eigenvalue weighted by Gasteiger charge is 2.13. The number of rotatable bonds is 17. The normalized spacial score (nSPS) is 12.2. The molecule has 29 heavy (non-hydrogen) atoms. The highest BCUT2D eigenvalue weighted by Crippen LogP contribution is 2.23. The Balaban J connectivity index is 2.45. The van der Waals surface area contributed by atoms with Gasteiger partial charge in [-0.2, -0.15) is 0 Å². The fourth-order valence-electron chi connectivity index (χ4n) is 3.56. The summed E-state index contributed by atoms with van der Waals surface area (Å²) in [7, 11) is 0. The molecule has 0 spiro atoms. The number of unbranched alkanes of at least 4 members (excludes halogenated alkanes) is 8. The molecule has 0 heterocycles. The van der Waals surface area contributed by atoms with Crippen LogP contribution in [0, 0.1) is 6.92 Å². The van der Waals surface area contributed by atoms with Crippen molar-refractivity contribution in [3.63, 3.8) is 0 Å². The highest BCUT2D eigenvalue weighted by atomic mass is 16.5. The standard InChI is InChI=1S/C26H40O3/c1-4-6-8-10-11-12-13-14-16-18-23(17-15-9-7-5-2)29-24-19-20-25(26(27)28)22(3)21-24/h4,6,8,19-21,23H,1,5,7,9-18H2,2-3H3,(H,27,28)/b8-6-. The fraction of sp³-hybridized carbons (Fsp3) is 0.577. The van der Waals surface area contributed by atoms with E-state index in [-0.39, 0.29) is 6.10 Å². The third-order valence-corrected chi connectivity index (χ3v) is 5.28. The third kappa shape index (κ3) is 11.5. The van der Waals surface area contributed by atoms with Crippen LogP contribution in [0.2, 0.25) is 0 Å². The molecular weight excluding hydrogens is 360 g/mol. The van der Waals surface area contributed by atoms with Gasteiger partial charge in [-0.15, -0.1) is 0 Å². The fourth-order valence-corrected chi connectivity index (χ4v) is 3.56. The van der Waals surface area contributed by atoms with Gasteiger partial charge in [-0.25, -0.2) is 4.79 Å². The van der Waals surface area contributed by atoms with E-state index >= 15 is 0 Å². The second-order valence-electron chi connectivity index (χ2n) is 7.88. The van der Waals surface area contributed by atoms with Gasteiger partial charge in [0.05, 0.1) is 11.7 Å². The van der Waals surface area contributed by atoms with E-state index in [1.165, 1.54) is 57.8 Å². The van der Waals surface area contributed by atoms with E-state index in [2.05, 4.69) is 19.6 Å². The zero-order valence-electron chi connectivity index (χ0n) is 18.5. The zero-order chi connectivity index (χ0) is 21.3. The summed E-state index contributed by atoms with van der Waals surface area (Å²) in [6, 6.07) is 5.31. The number of hydrogen-bond acceptors (Lipinski definition) is 2. The second-order valence-corrected chi connectivity index (χ2v) is 7.88.